The molecule has 4 heteroatoms. The van der Waals surface area contributed by atoms with Gasteiger partial charge in [-0.3, -0.25) is 4.79 Å². The Hall–Kier alpha value is -1.60. The Morgan fingerprint density at radius 3 is 2.95 bits per heavy atom. The van der Waals surface area contributed by atoms with Crippen LogP contribution in [0.3, 0.4) is 0 Å². The number of nitrogens with one attached hydrogen (secondary N) is 1. The summed E-state index contributed by atoms with van der Waals surface area (Å²) in [5.74, 6) is 0.258. The smallest absolute Gasteiger partial charge is 0.262 e. The van der Waals surface area contributed by atoms with Gasteiger partial charge in [0, 0.05) is 10.9 Å². The van der Waals surface area contributed by atoms with Gasteiger partial charge in [-0.05, 0) is 36.3 Å². The van der Waals surface area contributed by atoms with E-state index in [0.717, 1.165) is 24.1 Å². The van der Waals surface area contributed by atoms with Crippen LogP contribution in [-0.4, -0.2) is 11.9 Å². The van der Waals surface area contributed by atoms with Gasteiger partial charge in [-0.2, -0.15) is 5.26 Å². The maximum absolute atomic E-state index is 12.1. The van der Waals surface area contributed by atoms with Crippen LogP contribution in [-0.2, 0) is 4.79 Å². The second-order valence-corrected chi connectivity index (χ2v) is 6.01. The first kappa shape index (κ1) is 13.8. The van der Waals surface area contributed by atoms with E-state index in [0.29, 0.717) is 5.92 Å². The fourth-order valence-corrected chi connectivity index (χ4v) is 3.10. The molecular formula is C15H18N2OS. The number of nitriles is 1. The molecule has 1 fully saturated rings. The maximum Gasteiger partial charge on any atom is 0.262 e. The van der Waals surface area contributed by atoms with Gasteiger partial charge < -0.3 is 5.32 Å². The van der Waals surface area contributed by atoms with E-state index in [9.17, 15) is 4.79 Å². The van der Waals surface area contributed by atoms with Crippen LogP contribution < -0.4 is 5.32 Å². The minimum Gasteiger partial charge on any atom is -0.348 e. The molecule has 1 amide bonds. The zero-order valence-electron chi connectivity index (χ0n) is 11.1. The van der Waals surface area contributed by atoms with Gasteiger partial charge in [0.1, 0.15) is 11.6 Å². The number of rotatable bonds is 3. The van der Waals surface area contributed by atoms with E-state index in [4.69, 9.17) is 5.26 Å². The molecule has 2 rings (SSSR count). The van der Waals surface area contributed by atoms with Gasteiger partial charge in [0.2, 0.25) is 0 Å². The maximum atomic E-state index is 12.1. The second-order valence-electron chi connectivity index (χ2n) is 5.03. The predicted octanol–water partition coefficient (Wildman–Crippen LogP) is 3.35. The largest absolute Gasteiger partial charge is 0.348 e. The third kappa shape index (κ3) is 3.68. The highest BCUT2D eigenvalue weighted by atomic mass is 32.1. The number of amides is 1. The normalized spacial score (nSPS) is 23.7. The molecule has 0 unspecified atom stereocenters. The van der Waals surface area contributed by atoms with Crippen LogP contribution in [0, 0.1) is 17.2 Å². The van der Waals surface area contributed by atoms with E-state index in [-0.39, 0.29) is 17.5 Å². The quantitative estimate of drug-likeness (QED) is 0.679. The van der Waals surface area contributed by atoms with Crippen molar-refractivity contribution in [1.82, 2.24) is 5.32 Å². The molecule has 0 aliphatic heterocycles. The first-order valence-corrected chi connectivity index (χ1v) is 7.55. The molecule has 1 heterocycles. The molecule has 1 aromatic rings. The third-order valence-corrected chi connectivity index (χ3v) is 4.44. The lowest BCUT2D eigenvalue weighted by atomic mass is 9.86. The molecule has 1 aliphatic carbocycles. The molecule has 19 heavy (non-hydrogen) atoms. The zero-order valence-corrected chi connectivity index (χ0v) is 11.9. The molecule has 1 aromatic heterocycles. The van der Waals surface area contributed by atoms with Gasteiger partial charge >= 0.3 is 0 Å². The fraction of sp³-hybridized carbons (Fsp3) is 0.467. The molecule has 0 saturated heterocycles. The van der Waals surface area contributed by atoms with Gasteiger partial charge in [0.15, 0.2) is 0 Å². The summed E-state index contributed by atoms with van der Waals surface area (Å²) in [6.45, 7) is 2.17. The number of nitrogens with zero attached hydrogens (tertiary/aromatic N) is 1. The molecule has 100 valence electrons. The van der Waals surface area contributed by atoms with Crippen molar-refractivity contribution < 1.29 is 4.79 Å². The monoisotopic (exact) mass is 274 g/mol. The lowest BCUT2D eigenvalue weighted by Gasteiger charge is -2.29. The van der Waals surface area contributed by atoms with Crippen LogP contribution in [0.2, 0.25) is 0 Å². The van der Waals surface area contributed by atoms with Crippen molar-refractivity contribution in [2.24, 2.45) is 5.92 Å². The Labute approximate surface area is 117 Å². The Morgan fingerprint density at radius 1 is 1.53 bits per heavy atom. The summed E-state index contributed by atoms with van der Waals surface area (Å²) in [6, 6.07) is 6.02. The van der Waals surface area contributed by atoms with Crippen LogP contribution in [0.15, 0.2) is 23.1 Å². The highest BCUT2D eigenvalue weighted by Gasteiger charge is 2.23. The molecule has 3 nitrogen and oxygen atoms in total. The van der Waals surface area contributed by atoms with Crippen LogP contribution in [0.4, 0.5) is 0 Å². The van der Waals surface area contributed by atoms with Crippen LogP contribution in [0.5, 0.6) is 0 Å². The summed E-state index contributed by atoms with van der Waals surface area (Å²) < 4.78 is 0. The molecule has 1 N–H and O–H groups in total. The van der Waals surface area contributed by atoms with Crippen molar-refractivity contribution in [3.05, 3.63) is 28.0 Å². The van der Waals surface area contributed by atoms with E-state index in [2.05, 4.69) is 12.2 Å². The summed E-state index contributed by atoms with van der Waals surface area (Å²) in [6.07, 6.45) is 6.23. The van der Waals surface area contributed by atoms with Crippen molar-refractivity contribution in [2.45, 2.75) is 38.6 Å². The SMILES string of the molecule is C[C@@H]1CCCC[C@H]1NC(=O)/C(C#N)=C/c1cccs1. The summed E-state index contributed by atoms with van der Waals surface area (Å²) in [5, 5.41) is 14.1. The number of hydrogen-bond acceptors (Lipinski definition) is 3. The third-order valence-electron chi connectivity index (χ3n) is 3.62. The number of thiophene rings is 1. The zero-order chi connectivity index (χ0) is 13.7. The molecule has 1 saturated carbocycles. The standard InChI is InChI=1S/C15H18N2OS/c1-11-5-2-3-7-14(11)17-15(18)12(10-16)9-13-6-4-8-19-13/h4,6,8-9,11,14H,2-3,5,7H2,1H3,(H,17,18)/b12-9+/t11-,14-/m1/s1. The summed E-state index contributed by atoms with van der Waals surface area (Å²) in [5.41, 5.74) is 0.195. The minimum absolute atomic E-state index is 0.195. The van der Waals surface area contributed by atoms with E-state index >= 15 is 0 Å². The van der Waals surface area contributed by atoms with Crippen molar-refractivity contribution in [1.29, 1.82) is 5.26 Å². The van der Waals surface area contributed by atoms with E-state index in [1.807, 2.05) is 23.6 Å². The van der Waals surface area contributed by atoms with Crippen molar-refractivity contribution in [2.75, 3.05) is 0 Å². The lowest BCUT2D eigenvalue weighted by Crippen LogP contribution is -2.41. The van der Waals surface area contributed by atoms with Gasteiger partial charge in [0.25, 0.3) is 5.91 Å². The number of hydrogen-bond donors (Lipinski definition) is 1. The van der Waals surface area contributed by atoms with Gasteiger partial charge in [0.05, 0.1) is 0 Å². The molecule has 0 radical (unpaired) electrons. The molecular weight excluding hydrogens is 256 g/mol. The predicted molar refractivity (Wildman–Crippen MR) is 77.5 cm³/mol. The van der Waals surface area contributed by atoms with Gasteiger partial charge in [-0.1, -0.05) is 25.8 Å². The molecule has 0 aromatic carbocycles. The average Bonchev–Trinajstić information content (AvgIpc) is 2.91. The van der Waals surface area contributed by atoms with Crippen LogP contribution >= 0.6 is 11.3 Å². The summed E-state index contributed by atoms with van der Waals surface area (Å²) in [7, 11) is 0. The number of carbonyl (C=O) groups is 1. The van der Waals surface area contributed by atoms with Crippen molar-refractivity contribution in [3.8, 4) is 6.07 Å². The second kappa shape index (κ2) is 6.53. The minimum atomic E-state index is -0.241. The number of carbonyl (C=O) groups excluding carboxylic acids is 1. The van der Waals surface area contributed by atoms with Crippen LogP contribution in [0.1, 0.15) is 37.5 Å². The Balaban J connectivity index is 2.03. The summed E-state index contributed by atoms with van der Waals surface area (Å²) in [4.78, 5) is 13.1. The van der Waals surface area contributed by atoms with E-state index in [1.54, 1.807) is 6.08 Å². The Kier molecular flexibility index (Phi) is 4.75. The molecule has 0 bridgehead atoms. The van der Waals surface area contributed by atoms with E-state index in [1.165, 1.54) is 17.8 Å². The highest BCUT2D eigenvalue weighted by molar-refractivity contribution is 7.10. The Morgan fingerprint density at radius 2 is 2.32 bits per heavy atom. The van der Waals surface area contributed by atoms with Crippen molar-refractivity contribution in [3.63, 3.8) is 0 Å². The molecule has 2 atom stereocenters. The Bertz CT molecular complexity index is 499. The van der Waals surface area contributed by atoms with Gasteiger partial charge in [-0.25, -0.2) is 0 Å². The molecule has 0 spiro atoms. The van der Waals surface area contributed by atoms with Crippen LogP contribution in [0.25, 0.3) is 6.08 Å². The summed E-state index contributed by atoms with van der Waals surface area (Å²) >= 11 is 1.52. The molecule has 1 aliphatic rings. The first-order chi connectivity index (χ1) is 9.20. The highest BCUT2D eigenvalue weighted by Crippen LogP contribution is 2.24. The van der Waals surface area contributed by atoms with Crippen molar-refractivity contribution >= 4 is 23.3 Å². The fourth-order valence-electron chi connectivity index (χ4n) is 2.44. The first-order valence-electron chi connectivity index (χ1n) is 6.67. The van der Waals surface area contributed by atoms with E-state index < -0.39 is 0 Å². The topological polar surface area (TPSA) is 52.9 Å². The lowest BCUT2D eigenvalue weighted by molar-refractivity contribution is -0.118. The van der Waals surface area contributed by atoms with Gasteiger partial charge in [-0.15, -0.1) is 11.3 Å². The average molecular weight is 274 g/mol.